The van der Waals surface area contributed by atoms with E-state index in [4.69, 9.17) is 11.6 Å². The molecule has 0 spiro atoms. The van der Waals surface area contributed by atoms with Gasteiger partial charge in [0.2, 0.25) is 5.28 Å². The number of likely N-dealkylation sites (tertiary alicyclic amines) is 1. The summed E-state index contributed by atoms with van der Waals surface area (Å²) in [6.07, 6.45) is 1.12. The highest BCUT2D eigenvalue weighted by atomic mass is 35.5. The maximum absolute atomic E-state index is 5.90. The van der Waals surface area contributed by atoms with Crippen molar-refractivity contribution < 1.29 is 0 Å². The maximum Gasteiger partial charge on any atom is 0.224 e. The van der Waals surface area contributed by atoms with Crippen molar-refractivity contribution in [2.45, 2.75) is 25.9 Å². The van der Waals surface area contributed by atoms with E-state index in [-0.39, 0.29) is 0 Å². The summed E-state index contributed by atoms with van der Waals surface area (Å²) in [5, 5.41) is 3.76. The topological polar surface area (TPSA) is 41.0 Å². The molecule has 1 aromatic carbocycles. The van der Waals surface area contributed by atoms with Crippen LogP contribution < -0.4 is 5.32 Å². The van der Waals surface area contributed by atoms with Crippen molar-refractivity contribution >= 4 is 17.4 Å². The molecule has 0 saturated carbocycles. The van der Waals surface area contributed by atoms with Crippen molar-refractivity contribution in [2.24, 2.45) is 0 Å². The minimum absolute atomic E-state index is 0.302. The Kier molecular flexibility index (Phi) is 4.36. The van der Waals surface area contributed by atoms with Gasteiger partial charge in [0.1, 0.15) is 5.82 Å². The second-order valence-corrected chi connectivity index (χ2v) is 5.85. The summed E-state index contributed by atoms with van der Waals surface area (Å²) in [6, 6.07) is 12.9. The maximum atomic E-state index is 5.90. The smallest absolute Gasteiger partial charge is 0.224 e. The van der Waals surface area contributed by atoms with Crippen LogP contribution in [-0.2, 0) is 6.54 Å². The molecular weight excluding hydrogens is 284 g/mol. The normalized spacial score (nSPS) is 18.9. The van der Waals surface area contributed by atoms with E-state index in [0.717, 1.165) is 37.6 Å². The molecule has 1 aromatic heterocycles. The molecule has 5 heteroatoms. The average molecular weight is 303 g/mol. The van der Waals surface area contributed by atoms with E-state index in [2.05, 4.69) is 50.5 Å². The van der Waals surface area contributed by atoms with E-state index in [1.54, 1.807) is 0 Å². The summed E-state index contributed by atoms with van der Waals surface area (Å²) in [4.78, 5) is 10.8. The van der Waals surface area contributed by atoms with Gasteiger partial charge in [-0.05, 0) is 30.5 Å². The average Bonchev–Trinajstić information content (AvgIpc) is 2.86. The number of aromatic nitrogens is 2. The molecule has 1 saturated heterocycles. The molecule has 1 aliphatic heterocycles. The van der Waals surface area contributed by atoms with Gasteiger partial charge in [-0.3, -0.25) is 4.90 Å². The number of hydrogen-bond donors (Lipinski definition) is 1. The van der Waals surface area contributed by atoms with Crippen LogP contribution in [0.25, 0.3) is 0 Å². The zero-order valence-electron chi connectivity index (χ0n) is 12.1. The molecular formula is C16H19ClN4. The summed E-state index contributed by atoms with van der Waals surface area (Å²) < 4.78 is 0. The van der Waals surface area contributed by atoms with Crippen molar-refractivity contribution in [2.75, 3.05) is 18.4 Å². The summed E-state index contributed by atoms with van der Waals surface area (Å²) in [6.45, 7) is 5.05. The number of hydrogen-bond acceptors (Lipinski definition) is 4. The van der Waals surface area contributed by atoms with Crippen LogP contribution in [0, 0.1) is 6.92 Å². The lowest BCUT2D eigenvalue weighted by Gasteiger charge is -2.17. The monoisotopic (exact) mass is 302 g/mol. The third-order valence-corrected chi connectivity index (χ3v) is 3.87. The van der Waals surface area contributed by atoms with E-state index in [0.29, 0.717) is 11.3 Å². The summed E-state index contributed by atoms with van der Waals surface area (Å²) in [5.74, 6) is 0.819. The predicted octanol–water partition coefficient (Wildman–Crippen LogP) is 3.12. The van der Waals surface area contributed by atoms with Crippen molar-refractivity contribution in [3.63, 3.8) is 0 Å². The van der Waals surface area contributed by atoms with Crippen LogP contribution in [0.15, 0.2) is 36.4 Å². The van der Waals surface area contributed by atoms with Gasteiger partial charge in [0.15, 0.2) is 0 Å². The Morgan fingerprint density at radius 1 is 1.29 bits per heavy atom. The van der Waals surface area contributed by atoms with Crippen LogP contribution in [0.4, 0.5) is 5.82 Å². The lowest BCUT2D eigenvalue weighted by molar-refractivity contribution is 0.328. The van der Waals surface area contributed by atoms with Crippen LogP contribution in [0.3, 0.4) is 0 Å². The molecule has 1 N–H and O–H groups in total. The van der Waals surface area contributed by atoms with Crippen LogP contribution in [0.5, 0.6) is 0 Å². The minimum Gasteiger partial charge on any atom is -0.366 e. The molecule has 0 aliphatic carbocycles. The van der Waals surface area contributed by atoms with Gasteiger partial charge in [-0.1, -0.05) is 30.3 Å². The molecule has 21 heavy (non-hydrogen) atoms. The minimum atomic E-state index is 0.302. The fourth-order valence-electron chi connectivity index (χ4n) is 2.75. The molecule has 4 nitrogen and oxygen atoms in total. The lowest BCUT2D eigenvalue weighted by Crippen LogP contribution is -2.26. The molecule has 0 radical (unpaired) electrons. The van der Waals surface area contributed by atoms with Crippen molar-refractivity contribution in [3.05, 3.63) is 52.9 Å². The number of nitrogens with one attached hydrogen (secondary N) is 1. The van der Waals surface area contributed by atoms with E-state index < -0.39 is 0 Å². The van der Waals surface area contributed by atoms with Crippen LogP contribution >= 0.6 is 11.6 Å². The van der Waals surface area contributed by atoms with E-state index in [1.807, 2.05) is 13.0 Å². The number of anilines is 1. The van der Waals surface area contributed by atoms with Gasteiger partial charge in [-0.2, -0.15) is 0 Å². The molecule has 0 bridgehead atoms. The number of aryl methyl sites for hydroxylation is 1. The fourth-order valence-corrected chi connectivity index (χ4v) is 2.98. The first kappa shape index (κ1) is 14.3. The first-order valence-electron chi connectivity index (χ1n) is 7.23. The van der Waals surface area contributed by atoms with Gasteiger partial charge in [-0.15, -0.1) is 0 Å². The number of benzene rings is 1. The molecule has 1 aliphatic rings. The molecule has 3 rings (SSSR count). The highest BCUT2D eigenvalue weighted by Gasteiger charge is 2.22. The molecule has 0 amide bonds. The van der Waals surface area contributed by atoms with Gasteiger partial charge >= 0.3 is 0 Å². The largest absolute Gasteiger partial charge is 0.366 e. The first-order valence-corrected chi connectivity index (χ1v) is 7.61. The Labute approximate surface area is 130 Å². The molecule has 1 unspecified atom stereocenters. The molecule has 2 aromatic rings. The SMILES string of the molecule is Cc1cc(NC2CCN(Cc3ccccc3)C2)nc(Cl)n1. The summed E-state index contributed by atoms with van der Waals surface area (Å²) in [5.41, 5.74) is 2.25. The van der Waals surface area contributed by atoms with Gasteiger partial charge < -0.3 is 5.32 Å². The zero-order valence-corrected chi connectivity index (χ0v) is 12.8. The van der Waals surface area contributed by atoms with Crippen molar-refractivity contribution in [1.82, 2.24) is 14.9 Å². The van der Waals surface area contributed by atoms with Gasteiger partial charge in [-0.25, -0.2) is 9.97 Å². The second kappa shape index (κ2) is 6.41. The van der Waals surface area contributed by atoms with Gasteiger partial charge in [0.05, 0.1) is 0 Å². The Balaban J connectivity index is 1.57. The number of rotatable bonds is 4. The first-order chi connectivity index (χ1) is 10.2. The van der Waals surface area contributed by atoms with E-state index in [1.165, 1.54) is 5.56 Å². The quantitative estimate of drug-likeness (QED) is 0.881. The summed E-state index contributed by atoms with van der Waals surface area (Å²) in [7, 11) is 0. The summed E-state index contributed by atoms with van der Waals surface area (Å²) >= 11 is 5.90. The number of halogens is 1. The third-order valence-electron chi connectivity index (χ3n) is 3.70. The molecule has 1 fully saturated rings. The van der Waals surface area contributed by atoms with Crippen LogP contribution in [0.2, 0.25) is 5.28 Å². The van der Waals surface area contributed by atoms with Crippen molar-refractivity contribution in [1.29, 1.82) is 0 Å². The van der Waals surface area contributed by atoms with Crippen molar-refractivity contribution in [3.8, 4) is 0 Å². The van der Waals surface area contributed by atoms with E-state index in [9.17, 15) is 0 Å². The number of nitrogens with zero attached hydrogens (tertiary/aromatic N) is 3. The predicted molar refractivity (Wildman–Crippen MR) is 85.5 cm³/mol. The van der Waals surface area contributed by atoms with Gasteiger partial charge in [0, 0.05) is 37.4 Å². The highest BCUT2D eigenvalue weighted by molar-refractivity contribution is 6.28. The molecule has 2 heterocycles. The van der Waals surface area contributed by atoms with E-state index >= 15 is 0 Å². The van der Waals surface area contributed by atoms with Gasteiger partial charge in [0.25, 0.3) is 0 Å². The Hall–Kier alpha value is -1.65. The fraction of sp³-hybridized carbons (Fsp3) is 0.375. The Bertz CT molecular complexity index is 582. The lowest BCUT2D eigenvalue weighted by atomic mass is 10.2. The standard InChI is InChI=1S/C16H19ClN4/c1-12-9-15(20-16(17)18-12)19-14-7-8-21(11-14)10-13-5-3-2-4-6-13/h2-6,9,14H,7-8,10-11H2,1H3,(H,18,19,20). The zero-order chi connectivity index (χ0) is 14.7. The Morgan fingerprint density at radius 2 is 2.10 bits per heavy atom. The highest BCUT2D eigenvalue weighted by Crippen LogP contribution is 2.18. The third kappa shape index (κ3) is 3.93. The van der Waals surface area contributed by atoms with Crippen LogP contribution in [-0.4, -0.2) is 34.0 Å². The second-order valence-electron chi connectivity index (χ2n) is 5.51. The Morgan fingerprint density at radius 3 is 2.86 bits per heavy atom. The molecule has 1 atom stereocenters. The molecule has 110 valence electrons. The van der Waals surface area contributed by atoms with Crippen LogP contribution in [0.1, 0.15) is 17.7 Å².